The number of carboxylic acid groups (broad SMARTS) is 1. The molecule has 0 radical (unpaired) electrons. The lowest BCUT2D eigenvalue weighted by atomic mass is 9.81. The molecule has 1 aliphatic heterocycles. The number of benzene rings is 1. The van der Waals surface area contributed by atoms with Gasteiger partial charge in [-0.3, -0.25) is 9.59 Å². The molecule has 23 heavy (non-hydrogen) atoms. The van der Waals surface area contributed by atoms with Gasteiger partial charge in [0.15, 0.2) is 0 Å². The van der Waals surface area contributed by atoms with Crippen LogP contribution in [0.4, 0.5) is 5.69 Å². The number of methoxy groups -OCH3 is 1. The summed E-state index contributed by atoms with van der Waals surface area (Å²) < 4.78 is 5.25. The highest BCUT2D eigenvalue weighted by Crippen LogP contribution is 2.48. The van der Waals surface area contributed by atoms with Gasteiger partial charge >= 0.3 is 5.97 Å². The van der Waals surface area contributed by atoms with Crippen molar-refractivity contribution in [1.82, 2.24) is 4.90 Å². The third-order valence-corrected chi connectivity index (χ3v) is 5.19. The normalized spacial score (nSPS) is 26.0. The van der Waals surface area contributed by atoms with Crippen LogP contribution in [0.15, 0.2) is 24.3 Å². The van der Waals surface area contributed by atoms with Crippen LogP contribution in [0.25, 0.3) is 0 Å². The number of anilines is 1. The predicted octanol–water partition coefficient (Wildman–Crippen LogP) is 1.82. The Labute approximate surface area is 135 Å². The van der Waals surface area contributed by atoms with Gasteiger partial charge in [0, 0.05) is 13.1 Å². The van der Waals surface area contributed by atoms with Gasteiger partial charge in [-0.05, 0) is 30.9 Å². The molecule has 1 aromatic carbocycles. The molecule has 2 N–H and O–H groups in total. The number of likely N-dealkylation sites (tertiary alicyclic amines) is 1. The topological polar surface area (TPSA) is 78.9 Å². The van der Waals surface area contributed by atoms with Crippen molar-refractivity contribution in [2.24, 2.45) is 11.3 Å². The molecule has 6 heteroatoms. The minimum atomic E-state index is -0.756. The molecule has 1 saturated heterocycles. The quantitative estimate of drug-likeness (QED) is 0.866. The van der Waals surface area contributed by atoms with Crippen molar-refractivity contribution in [2.75, 3.05) is 32.1 Å². The summed E-state index contributed by atoms with van der Waals surface area (Å²) in [6, 6.07) is 7.41. The first kappa shape index (κ1) is 15.6. The molecule has 1 aromatic rings. The molecule has 124 valence electrons. The van der Waals surface area contributed by atoms with Crippen LogP contribution in [0.5, 0.6) is 5.75 Å². The van der Waals surface area contributed by atoms with E-state index in [1.54, 1.807) is 12.0 Å². The molecule has 2 fully saturated rings. The monoisotopic (exact) mass is 318 g/mol. The average molecular weight is 318 g/mol. The fraction of sp³-hybridized carbons (Fsp3) is 0.529. The zero-order valence-electron chi connectivity index (χ0n) is 13.2. The standard InChI is InChI=1S/C17H22N2O4/c1-23-14-7-3-2-6-13(14)18-9-15(20)19-10-12-5-4-8-17(12,11-19)16(21)22/h2-3,6-7,12,18H,4-5,8-11H2,1H3,(H,21,22)/t12-,17+/m0/s1. The third-order valence-electron chi connectivity index (χ3n) is 5.19. The van der Waals surface area contributed by atoms with Gasteiger partial charge in [-0.15, -0.1) is 0 Å². The van der Waals surface area contributed by atoms with Gasteiger partial charge in [0.2, 0.25) is 5.91 Å². The summed E-state index contributed by atoms with van der Waals surface area (Å²) in [6.45, 7) is 1.03. The number of hydrogen-bond donors (Lipinski definition) is 2. The summed E-state index contributed by atoms with van der Waals surface area (Å²) >= 11 is 0. The number of fused-ring (bicyclic) bond motifs is 1. The third kappa shape index (κ3) is 2.73. The van der Waals surface area contributed by atoms with E-state index in [1.807, 2.05) is 24.3 Å². The molecule has 1 saturated carbocycles. The van der Waals surface area contributed by atoms with Gasteiger partial charge in [0.05, 0.1) is 24.8 Å². The summed E-state index contributed by atoms with van der Waals surface area (Å²) in [4.78, 5) is 25.8. The Balaban J connectivity index is 1.63. The maximum absolute atomic E-state index is 12.4. The van der Waals surface area contributed by atoms with Gasteiger partial charge in [-0.25, -0.2) is 0 Å². The molecule has 6 nitrogen and oxygen atoms in total. The average Bonchev–Trinajstić information content (AvgIpc) is 3.11. The van der Waals surface area contributed by atoms with Gasteiger partial charge in [-0.1, -0.05) is 18.6 Å². The lowest BCUT2D eigenvalue weighted by Crippen LogP contribution is -2.39. The molecule has 0 spiro atoms. The first-order valence-electron chi connectivity index (χ1n) is 7.95. The van der Waals surface area contributed by atoms with E-state index in [1.165, 1.54) is 0 Å². The van der Waals surface area contributed by atoms with Crippen molar-refractivity contribution >= 4 is 17.6 Å². The highest BCUT2D eigenvalue weighted by atomic mass is 16.5. The molecular weight excluding hydrogens is 296 g/mol. The highest BCUT2D eigenvalue weighted by Gasteiger charge is 2.55. The maximum Gasteiger partial charge on any atom is 0.311 e. The second-order valence-corrected chi connectivity index (χ2v) is 6.38. The van der Waals surface area contributed by atoms with Crippen LogP contribution in [0.2, 0.25) is 0 Å². The smallest absolute Gasteiger partial charge is 0.311 e. The number of nitrogens with one attached hydrogen (secondary N) is 1. The summed E-state index contributed by atoms with van der Waals surface area (Å²) in [7, 11) is 1.58. The molecule has 1 aliphatic carbocycles. The van der Waals surface area contributed by atoms with Crippen LogP contribution >= 0.6 is 0 Å². The van der Waals surface area contributed by atoms with Crippen LogP contribution in [-0.4, -0.2) is 48.6 Å². The fourth-order valence-corrected chi connectivity index (χ4v) is 3.90. The molecule has 0 unspecified atom stereocenters. The van der Waals surface area contributed by atoms with Crippen LogP contribution in [-0.2, 0) is 9.59 Å². The van der Waals surface area contributed by atoms with E-state index >= 15 is 0 Å². The van der Waals surface area contributed by atoms with E-state index in [0.29, 0.717) is 25.3 Å². The van der Waals surface area contributed by atoms with Gasteiger partial charge < -0.3 is 20.1 Å². The zero-order chi connectivity index (χ0) is 16.4. The second-order valence-electron chi connectivity index (χ2n) is 6.38. The summed E-state index contributed by atoms with van der Waals surface area (Å²) in [5.41, 5.74) is 0.0378. The highest BCUT2D eigenvalue weighted by molar-refractivity contribution is 5.84. The molecule has 1 heterocycles. The van der Waals surface area contributed by atoms with Crippen molar-refractivity contribution in [3.05, 3.63) is 24.3 Å². The number of carboxylic acids is 1. The number of hydrogen-bond acceptors (Lipinski definition) is 4. The fourth-order valence-electron chi connectivity index (χ4n) is 3.90. The number of para-hydroxylation sites is 2. The molecule has 1 amide bonds. The molecule has 3 rings (SSSR count). The van der Waals surface area contributed by atoms with Crippen LogP contribution in [0.3, 0.4) is 0 Å². The minimum Gasteiger partial charge on any atom is -0.495 e. The number of carbonyl (C=O) groups is 2. The van der Waals surface area contributed by atoms with Crippen molar-refractivity contribution in [3.8, 4) is 5.75 Å². The molecule has 0 bridgehead atoms. The van der Waals surface area contributed by atoms with Crippen LogP contribution in [0.1, 0.15) is 19.3 Å². The lowest BCUT2D eigenvalue weighted by molar-refractivity contribution is -0.149. The Bertz CT molecular complexity index is 618. The maximum atomic E-state index is 12.4. The van der Waals surface area contributed by atoms with Crippen molar-refractivity contribution in [1.29, 1.82) is 0 Å². The molecule has 2 aliphatic rings. The number of carbonyl (C=O) groups excluding carboxylic acids is 1. The van der Waals surface area contributed by atoms with E-state index < -0.39 is 11.4 Å². The Morgan fingerprint density at radius 3 is 2.91 bits per heavy atom. The predicted molar refractivity (Wildman–Crippen MR) is 85.5 cm³/mol. The number of amides is 1. The Morgan fingerprint density at radius 1 is 1.43 bits per heavy atom. The van der Waals surface area contributed by atoms with Crippen LogP contribution < -0.4 is 10.1 Å². The van der Waals surface area contributed by atoms with E-state index in [4.69, 9.17) is 4.74 Å². The van der Waals surface area contributed by atoms with Gasteiger partial charge in [-0.2, -0.15) is 0 Å². The Kier molecular flexibility index (Phi) is 4.15. The number of ether oxygens (including phenoxy) is 1. The van der Waals surface area contributed by atoms with E-state index in [0.717, 1.165) is 18.5 Å². The Hall–Kier alpha value is -2.24. The Morgan fingerprint density at radius 2 is 2.22 bits per heavy atom. The first-order chi connectivity index (χ1) is 11.1. The molecular formula is C17H22N2O4. The van der Waals surface area contributed by atoms with Gasteiger partial charge in [0.1, 0.15) is 5.75 Å². The summed E-state index contributed by atoms with van der Waals surface area (Å²) in [5.74, 6) is -0.0465. The number of nitrogens with zero attached hydrogens (tertiary/aromatic N) is 1. The van der Waals surface area contributed by atoms with Gasteiger partial charge in [0.25, 0.3) is 0 Å². The zero-order valence-corrected chi connectivity index (χ0v) is 13.2. The molecule has 2 atom stereocenters. The van der Waals surface area contributed by atoms with Crippen molar-refractivity contribution < 1.29 is 19.4 Å². The minimum absolute atomic E-state index is 0.0640. The lowest BCUT2D eigenvalue weighted by Gasteiger charge is -2.23. The van der Waals surface area contributed by atoms with Crippen LogP contribution in [0, 0.1) is 11.3 Å². The summed E-state index contributed by atoms with van der Waals surface area (Å²) in [5, 5.41) is 12.7. The molecule has 0 aromatic heterocycles. The van der Waals surface area contributed by atoms with Crippen molar-refractivity contribution in [3.63, 3.8) is 0 Å². The number of rotatable bonds is 5. The summed E-state index contributed by atoms with van der Waals surface area (Å²) in [6.07, 6.45) is 2.52. The van der Waals surface area contributed by atoms with E-state index in [-0.39, 0.29) is 18.4 Å². The number of aliphatic carboxylic acids is 1. The van der Waals surface area contributed by atoms with Crippen molar-refractivity contribution in [2.45, 2.75) is 19.3 Å². The second kappa shape index (κ2) is 6.10. The SMILES string of the molecule is COc1ccccc1NCC(=O)N1C[C@@H]2CCC[C@@]2(C(=O)O)C1. The van der Waals surface area contributed by atoms with E-state index in [2.05, 4.69) is 5.32 Å². The largest absolute Gasteiger partial charge is 0.495 e. The first-order valence-corrected chi connectivity index (χ1v) is 7.95. The van der Waals surface area contributed by atoms with E-state index in [9.17, 15) is 14.7 Å².